The van der Waals surface area contributed by atoms with E-state index in [-0.39, 0.29) is 10.6 Å². The molecule has 0 saturated heterocycles. The molecule has 1 rings (SSSR count). The number of phenols is 1. The molecule has 0 bridgehead atoms. The number of carbonyl (C=O) groups excluding carboxylic acids is 1. The maximum absolute atomic E-state index is 12.8. The number of phenolic OH excluding ortho intramolecular Hbond substituents is 1. The Morgan fingerprint density at radius 1 is 1.61 bits per heavy atom. The summed E-state index contributed by atoms with van der Waals surface area (Å²) in [7, 11) is 0. The first kappa shape index (κ1) is 14.4. The lowest BCUT2D eigenvalue weighted by Crippen LogP contribution is -2.43. The van der Waals surface area contributed by atoms with Gasteiger partial charge in [-0.15, -0.1) is 0 Å². The highest BCUT2D eigenvalue weighted by atomic mass is 32.1. The van der Waals surface area contributed by atoms with Crippen LogP contribution in [0.15, 0.2) is 18.2 Å². The summed E-state index contributed by atoms with van der Waals surface area (Å²) in [6, 6.07) is 2.76. The van der Waals surface area contributed by atoms with E-state index in [4.69, 9.17) is 18.0 Å². The third-order valence-electron chi connectivity index (χ3n) is 2.43. The number of nitrogens with two attached hydrogens (primary N) is 1. The van der Waals surface area contributed by atoms with Crippen LogP contribution in [-0.4, -0.2) is 22.0 Å². The Labute approximate surface area is 110 Å². The number of amides is 1. The number of hydrogen-bond acceptors (Lipinski definition) is 3. The molecule has 0 aromatic heterocycles. The van der Waals surface area contributed by atoms with Crippen LogP contribution in [0.5, 0.6) is 5.75 Å². The zero-order valence-electron chi connectivity index (χ0n) is 9.94. The van der Waals surface area contributed by atoms with Gasteiger partial charge >= 0.3 is 0 Å². The summed E-state index contributed by atoms with van der Waals surface area (Å²) in [4.78, 5) is 12.0. The van der Waals surface area contributed by atoms with Gasteiger partial charge in [0, 0.05) is 6.07 Å². The maximum atomic E-state index is 12.8. The molecule has 1 aromatic carbocycles. The third-order valence-corrected chi connectivity index (χ3v) is 2.72. The van der Waals surface area contributed by atoms with E-state index in [9.17, 15) is 14.3 Å². The summed E-state index contributed by atoms with van der Waals surface area (Å²) in [6.45, 7) is 1.94. The van der Waals surface area contributed by atoms with Crippen LogP contribution in [0.25, 0.3) is 0 Å². The highest BCUT2D eigenvalue weighted by molar-refractivity contribution is 7.80. The lowest BCUT2D eigenvalue weighted by atomic mass is 10.1. The van der Waals surface area contributed by atoms with E-state index in [0.717, 1.165) is 18.6 Å². The minimum absolute atomic E-state index is 0.00578. The lowest BCUT2D eigenvalue weighted by molar-refractivity contribution is 0.0943. The topological polar surface area (TPSA) is 75.3 Å². The maximum Gasteiger partial charge on any atom is 0.255 e. The van der Waals surface area contributed by atoms with Gasteiger partial charge in [-0.2, -0.15) is 0 Å². The fourth-order valence-corrected chi connectivity index (χ4v) is 1.68. The van der Waals surface area contributed by atoms with E-state index in [1.54, 1.807) is 0 Å². The van der Waals surface area contributed by atoms with Crippen molar-refractivity contribution in [3.8, 4) is 5.75 Å². The average molecular weight is 270 g/mol. The number of aromatic hydroxyl groups is 1. The first-order valence-electron chi connectivity index (χ1n) is 5.54. The number of nitrogens with one attached hydrogen (secondary N) is 1. The monoisotopic (exact) mass is 270 g/mol. The highest BCUT2D eigenvalue weighted by Crippen LogP contribution is 2.18. The molecule has 0 spiro atoms. The molecule has 0 aliphatic carbocycles. The van der Waals surface area contributed by atoms with Gasteiger partial charge in [0.05, 0.1) is 16.6 Å². The van der Waals surface area contributed by atoms with E-state index in [1.165, 1.54) is 6.07 Å². The lowest BCUT2D eigenvalue weighted by Gasteiger charge is -2.16. The fourth-order valence-electron chi connectivity index (χ4n) is 1.51. The second-order valence-corrected chi connectivity index (χ2v) is 4.35. The fraction of sp³-hybridized carbons (Fsp3) is 0.333. The smallest absolute Gasteiger partial charge is 0.255 e. The van der Waals surface area contributed by atoms with Crippen LogP contribution in [0.1, 0.15) is 30.1 Å². The van der Waals surface area contributed by atoms with Gasteiger partial charge in [-0.25, -0.2) is 4.39 Å². The van der Waals surface area contributed by atoms with E-state index in [0.29, 0.717) is 6.42 Å². The Bertz CT molecular complexity index is 465. The number of rotatable bonds is 5. The number of thiocarbonyl (C=S) groups is 1. The SMILES string of the molecule is CCCC(NC(=O)c1ccc(F)cc1O)C(N)=S. The van der Waals surface area contributed by atoms with Gasteiger partial charge in [0.25, 0.3) is 5.91 Å². The van der Waals surface area contributed by atoms with Crippen molar-refractivity contribution in [3.05, 3.63) is 29.6 Å². The molecular formula is C12H15FN2O2S. The van der Waals surface area contributed by atoms with Crippen molar-refractivity contribution >= 4 is 23.1 Å². The van der Waals surface area contributed by atoms with Gasteiger partial charge in [0.2, 0.25) is 0 Å². The predicted molar refractivity (Wildman–Crippen MR) is 71.0 cm³/mol. The molecule has 6 heteroatoms. The molecule has 1 amide bonds. The summed E-state index contributed by atoms with van der Waals surface area (Å²) in [5.41, 5.74) is 5.50. The van der Waals surface area contributed by atoms with Gasteiger partial charge < -0.3 is 16.2 Å². The zero-order chi connectivity index (χ0) is 13.7. The molecule has 98 valence electrons. The first-order valence-corrected chi connectivity index (χ1v) is 5.95. The zero-order valence-corrected chi connectivity index (χ0v) is 10.8. The summed E-state index contributed by atoms with van der Waals surface area (Å²) < 4.78 is 12.8. The Morgan fingerprint density at radius 2 is 2.28 bits per heavy atom. The average Bonchev–Trinajstić information content (AvgIpc) is 2.27. The van der Waals surface area contributed by atoms with E-state index >= 15 is 0 Å². The van der Waals surface area contributed by atoms with Gasteiger partial charge in [0.1, 0.15) is 11.6 Å². The largest absolute Gasteiger partial charge is 0.507 e. The van der Waals surface area contributed by atoms with Crippen molar-refractivity contribution in [1.29, 1.82) is 0 Å². The Morgan fingerprint density at radius 3 is 2.78 bits per heavy atom. The van der Waals surface area contributed by atoms with Crippen LogP contribution in [0, 0.1) is 5.82 Å². The molecule has 4 N–H and O–H groups in total. The normalized spacial score (nSPS) is 11.9. The second kappa shape index (κ2) is 6.30. The highest BCUT2D eigenvalue weighted by Gasteiger charge is 2.17. The van der Waals surface area contributed by atoms with Crippen molar-refractivity contribution in [2.45, 2.75) is 25.8 Å². The number of benzene rings is 1. The van der Waals surface area contributed by atoms with Crippen LogP contribution in [0.3, 0.4) is 0 Å². The van der Waals surface area contributed by atoms with Crippen LogP contribution in [0.2, 0.25) is 0 Å². The molecule has 1 atom stereocenters. The summed E-state index contributed by atoms with van der Waals surface area (Å²) in [5.74, 6) is -1.55. The molecule has 18 heavy (non-hydrogen) atoms. The molecule has 4 nitrogen and oxygen atoms in total. The number of hydrogen-bond donors (Lipinski definition) is 3. The third kappa shape index (κ3) is 3.66. The molecule has 0 aliphatic rings. The van der Waals surface area contributed by atoms with Crippen molar-refractivity contribution in [1.82, 2.24) is 5.32 Å². The molecule has 0 heterocycles. The van der Waals surface area contributed by atoms with E-state index in [1.807, 2.05) is 6.92 Å². The first-order chi connectivity index (χ1) is 8.45. The van der Waals surface area contributed by atoms with Crippen molar-refractivity contribution < 1.29 is 14.3 Å². The second-order valence-electron chi connectivity index (χ2n) is 3.88. The predicted octanol–water partition coefficient (Wildman–Crippen LogP) is 1.72. The van der Waals surface area contributed by atoms with Crippen molar-refractivity contribution in [3.63, 3.8) is 0 Å². The molecule has 0 aliphatic heterocycles. The van der Waals surface area contributed by atoms with Crippen molar-refractivity contribution in [2.24, 2.45) is 5.73 Å². The Balaban J connectivity index is 2.83. The molecular weight excluding hydrogens is 255 g/mol. The van der Waals surface area contributed by atoms with Crippen LogP contribution in [-0.2, 0) is 0 Å². The summed E-state index contributed by atoms with van der Waals surface area (Å²) in [5, 5.41) is 12.1. The minimum atomic E-state index is -0.608. The van der Waals surface area contributed by atoms with Gasteiger partial charge in [-0.1, -0.05) is 25.6 Å². The van der Waals surface area contributed by atoms with E-state index in [2.05, 4.69) is 5.32 Å². The summed E-state index contributed by atoms with van der Waals surface area (Å²) >= 11 is 4.84. The Kier molecular flexibility index (Phi) is 5.03. The standard InChI is InChI=1S/C12H15FN2O2S/c1-2-3-9(11(14)18)15-12(17)8-5-4-7(13)6-10(8)16/h4-6,9,16H,2-3H2,1H3,(H2,14,18)(H,15,17). The van der Waals surface area contributed by atoms with Gasteiger partial charge in [-0.3, -0.25) is 4.79 Å². The molecule has 0 fully saturated rings. The van der Waals surface area contributed by atoms with Crippen LogP contribution in [0.4, 0.5) is 4.39 Å². The molecule has 1 unspecified atom stereocenters. The number of halogens is 1. The molecule has 0 radical (unpaired) electrons. The van der Waals surface area contributed by atoms with E-state index < -0.39 is 23.5 Å². The Hall–Kier alpha value is -1.69. The van der Waals surface area contributed by atoms with Crippen LogP contribution >= 0.6 is 12.2 Å². The van der Waals surface area contributed by atoms with Crippen LogP contribution < -0.4 is 11.1 Å². The minimum Gasteiger partial charge on any atom is -0.507 e. The van der Waals surface area contributed by atoms with Crippen molar-refractivity contribution in [2.75, 3.05) is 0 Å². The number of carbonyl (C=O) groups is 1. The molecule has 1 aromatic rings. The molecule has 0 saturated carbocycles. The summed E-state index contributed by atoms with van der Waals surface area (Å²) in [6.07, 6.45) is 1.42. The van der Waals surface area contributed by atoms with Gasteiger partial charge in [-0.05, 0) is 18.6 Å². The quantitative estimate of drug-likeness (QED) is 0.712. The van der Waals surface area contributed by atoms with Gasteiger partial charge in [0.15, 0.2) is 0 Å².